The molecular formula is C14H15N5O. The molecule has 1 aromatic carbocycles. The number of nitrogens with zero attached hydrogens (tertiary/aromatic N) is 3. The standard InChI is InChI=1S/C14H15N5O/c1-9-12-13(16-17-14(12)19(2)18-9)15-11(20)8-10-6-4-3-5-7-10/h3-7H,8H2,1-2H3,(H2,15,16,17,20). The van der Waals surface area contributed by atoms with Gasteiger partial charge in [0.15, 0.2) is 5.65 Å². The van der Waals surface area contributed by atoms with E-state index in [9.17, 15) is 4.79 Å². The Labute approximate surface area is 115 Å². The third-order valence-corrected chi connectivity index (χ3v) is 3.19. The van der Waals surface area contributed by atoms with Gasteiger partial charge < -0.3 is 5.32 Å². The lowest BCUT2D eigenvalue weighted by Gasteiger charge is -2.03. The molecule has 102 valence electrons. The molecule has 20 heavy (non-hydrogen) atoms. The minimum Gasteiger partial charge on any atom is -0.310 e. The first kappa shape index (κ1) is 12.4. The average Bonchev–Trinajstić information content (AvgIpc) is 2.94. The van der Waals surface area contributed by atoms with Gasteiger partial charge in [0.1, 0.15) is 5.82 Å². The fourth-order valence-corrected chi connectivity index (χ4v) is 2.29. The van der Waals surface area contributed by atoms with Crippen LogP contribution in [0, 0.1) is 6.92 Å². The Morgan fingerprint density at radius 2 is 2.10 bits per heavy atom. The summed E-state index contributed by atoms with van der Waals surface area (Å²) in [5.74, 6) is 0.525. The number of benzene rings is 1. The van der Waals surface area contributed by atoms with Gasteiger partial charge in [0.25, 0.3) is 0 Å². The summed E-state index contributed by atoms with van der Waals surface area (Å²) in [6.45, 7) is 1.89. The number of anilines is 1. The topological polar surface area (TPSA) is 75.6 Å². The molecule has 6 heteroatoms. The molecule has 3 aromatic rings. The molecule has 0 spiro atoms. The van der Waals surface area contributed by atoms with Crippen molar-refractivity contribution in [3.05, 3.63) is 41.6 Å². The number of aromatic nitrogens is 4. The van der Waals surface area contributed by atoms with E-state index in [2.05, 4.69) is 20.6 Å². The number of fused-ring (bicyclic) bond motifs is 1. The number of hydrogen-bond acceptors (Lipinski definition) is 3. The van der Waals surface area contributed by atoms with Crippen LogP contribution in [-0.2, 0) is 18.3 Å². The van der Waals surface area contributed by atoms with Gasteiger partial charge in [0.2, 0.25) is 5.91 Å². The largest absolute Gasteiger partial charge is 0.310 e. The molecule has 0 saturated heterocycles. The summed E-state index contributed by atoms with van der Waals surface area (Å²) < 4.78 is 1.69. The fraction of sp³-hybridized carbons (Fsp3) is 0.214. The summed E-state index contributed by atoms with van der Waals surface area (Å²) in [6.07, 6.45) is 0.334. The van der Waals surface area contributed by atoms with Crippen LogP contribution >= 0.6 is 0 Å². The second kappa shape index (κ2) is 4.80. The molecule has 3 rings (SSSR count). The van der Waals surface area contributed by atoms with Gasteiger partial charge in [0, 0.05) is 7.05 Å². The fourth-order valence-electron chi connectivity index (χ4n) is 2.29. The van der Waals surface area contributed by atoms with Gasteiger partial charge in [-0.25, -0.2) is 4.68 Å². The highest BCUT2D eigenvalue weighted by Crippen LogP contribution is 2.23. The Bertz CT molecular complexity index is 757. The van der Waals surface area contributed by atoms with Crippen LogP contribution in [-0.4, -0.2) is 25.9 Å². The lowest BCUT2D eigenvalue weighted by molar-refractivity contribution is -0.115. The highest BCUT2D eigenvalue weighted by atomic mass is 16.1. The van der Waals surface area contributed by atoms with Crippen molar-refractivity contribution in [1.82, 2.24) is 20.0 Å². The summed E-state index contributed by atoms with van der Waals surface area (Å²) in [6, 6.07) is 9.62. The molecule has 0 aliphatic heterocycles. The zero-order valence-electron chi connectivity index (χ0n) is 11.3. The lowest BCUT2D eigenvalue weighted by Crippen LogP contribution is -2.14. The molecular weight excluding hydrogens is 254 g/mol. The highest BCUT2D eigenvalue weighted by Gasteiger charge is 2.15. The Morgan fingerprint density at radius 1 is 1.35 bits per heavy atom. The van der Waals surface area contributed by atoms with E-state index >= 15 is 0 Å². The summed E-state index contributed by atoms with van der Waals surface area (Å²) in [7, 11) is 1.83. The number of nitrogens with one attached hydrogen (secondary N) is 2. The van der Waals surface area contributed by atoms with E-state index < -0.39 is 0 Å². The Kier molecular flexibility index (Phi) is 2.98. The Morgan fingerprint density at radius 3 is 2.85 bits per heavy atom. The van der Waals surface area contributed by atoms with E-state index in [1.807, 2.05) is 44.3 Å². The first-order chi connectivity index (χ1) is 9.65. The molecule has 6 nitrogen and oxygen atoms in total. The third kappa shape index (κ3) is 2.16. The van der Waals surface area contributed by atoms with Crippen molar-refractivity contribution >= 4 is 22.8 Å². The van der Waals surface area contributed by atoms with Gasteiger partial charge in [-0.05, 0) is 12.5 Å². The lowest BCUT2D eigenvalue weighted by atomic mass is 10.1. The van der Waals surface area contributed by atoms with Crippen LogP contribution in [0.4, 0.5) is 5.82 Å². The van der Waals surface area contributed by atoms with E-state index in [1.54, 1.807) is 4.68 Å². The van der Waals surface area contributed by atoms with Crippen molar-refractivity contribution < 1.29 is 4.79 Å². The van der Waals surface area contributed by atoms with E-state index in [-0.39, 0.29) is 5.91 Å². The van der Waals surface area contributed by atoms with Crippen LogP contribution in [0.2, 0.25) is 0 Å². The van der Waals surface area contributed by atoms with E-state index in [1.165, 1.54) is 0 Å². The van der Waals surface area contributed by atoms with Crippen LogP contribution in [0.25, 0.3) is 11.0 Å². The van der Waals surface area contributed by atoms with Crippen LogP contribution in [0.5, 0.6) is 0 Å². The Balaban J connectivity index is 1.81. The van der Waals surface area contributed by atoms with Crippen molar-refractivity contribution in [3.8, 4) is 0 Å². The summed E-state index contributed by atoms with van der Waals surface area (Å²) >= 11 is 0. The number of amides is 1. The van der Waals surface area contributed by atoms with E-state index in [0.29, 0.717) is 12.2 Å². The first-order valence-electron chi connectivity index (χ1n) is 6.36. The second-order valence-corrected chi connectivity index (χ2v) is 4.72. The summed E-state index contributed by atoms with van der Waals surface area (Å²) in [4.78, 5) is 12.1. The number of carbonyl (C=O) groups is 1. The van der Waals surface area contributed by atoms with Gasteiger partial charge in [-0.15, -0.1) is 0 Å². The molecule has 2 aromatic heterocycles. The zero-order chi connectivity index (χ0) is 14.1. The Hall–Kier alpha value is -2.63. The van der Waals surface area contributed by atoms with E-state index in [4.69, 9.17) is 0 Å². The smallest absolute Gasteiger partial charge is 0.229 e. The maximum atomic E-state index is 12.1. The molecule has 1 amide bonds. The zero-order valence-corrected chi connectivity index (χ0v) is 11.3. The van der Waals surface area contributed by atoms with Crippen LogP contribution in [0.3, 0.4) is 0 Å². The van der Waals surface area contributed by atoms with Crippen LogP contribution in [0.1, 0.15) is 11.3 Å². The first-order valence-corrected chi connectivity index (χ1v) is 6.36. The molecule has 0 saturated carbocycles. The maximum Gasteiger partial charge on any atom is 0.229 e. The number of H-pyrrole nitrogens is 1. The van der Waals surface area contributed by atoms with Gasteiger partial charge >= 0.3 is 0 Å². The monoisotopic (exact) mass is 269 g/mol. The average molecular weight is 269 g/mol. The number of hydrogen-bond donors (Lipinski definition) is 2. The summed E-state index contributed by atoms with van der Waals surface area (Å²) in [5.41, 5.74) is 2.55. The predicted molar refractivity (Wildman–Crippen MR) is 76.4 cm³/mol. The van der Waals surface area contributed by atoms with Crippen molar-refractivity contribution in [3.63, 3.8) is 0 Å². The molecule has 0 atom stereocenters. The highest BCUT2D eigenvalue weighted by molar-refractivity contribution is 6.00. The number of aryl methyl sites for hydroxylation is 2. The third-order valence-electron chi connectivity index (χ3n) is 3.19. The van der Waals surface area contributed by atoms with Crippen molar-refractivity contribution in [1.29, 1.82) is 0 Å². The molecule has 0 unspecified atom stereocenters. The van der Waals surface area contributed by atoms with Crippen molar-refractivity contribution in [2.45, 2.75) is 13.3 Å². The van der Waals surface area contributed by atoms with Crippen molar-refractivity contribution in [2.24, 2.45) is 7.05 Å². The minimum absolute atomic E-state index is 0.0787. The number of aromatic amines is 1. The normalized spacial score (nSPS) is 10.9. The van der Waals surface area contributed by atoms with Gasteiger partial charge in [0.05, 0.1) is 17.5 Å². The van der Waals surface area contributed by atoms with Crippen LogP contribution < -0.4 is 5.32 Å². The SMILES string of the molecule is Cc1nn(C)c2n[nH]c(NC(=O)Cc3ccccc3)c12. The maximum absolute atomic E-state index is 12.1. The summed E-state index contributed by atoms with van der Waals surface area (Å²) in [5, 5.41) is 15.0. The van der Waals surface area contributed by atoms with Crippen molar-refractivity contribution in [2.75, 3.05) is 5.32 Å². The molecule has 0 radical (unpaired) electrons. The molecule has 0 fully saturated rings. The number of rotatable bonds is 3. The van der Waals surface area contributed by atoms with Gasteiger partial charge in [-0.2, -0.15) is 10.2 Å². The predicted octanol–water partition coefficient (Wildman–Crippen LogP) is 1.79. The molecule has 0 aliphatic carbocycles. The van der Waals surface area contributed by atoms with Gasteiger partial charge in [-0.3, -0.25) is 9.89 Å². The molecule has 0 bridgehead atoms. The second-order valence-electron chi connectivity index (χ2n) is 4.72. The quantitative estimate of drug-likeness (QED) is 0.761. The van der Waals surface area contributed by atoms with E-state index in [0.717, 1.165) is 22.3 Å². The van der Waals surface area contributed by atoms with Gasteiger partial charge in [-0.1, -0.05) is 30.3 Å². The number of carbonyl (C=O) groups excluding carboxylic acids is 1. The molecule has 2 heterocycles. The minimum atomic E-state index is -0.0787. The molecule has 2 N–H and O–H groups in total. The molecule has 0 aliphatic rings. The van der Waals surface area contributed by atoms with Crippen LogP contribution in [0.15, 0.2) is 30.3 Å².